The number of nitrogens with one attached hydrogen (secondary N) is 2. The van der Waals surface area contributed by atoms with E-state index in [4.69, 9.17) is 0 Å². The molecule has 7 nitrogen and oxygen atoms in total. The molecule has 0 saturated heterocycles. The highest BCUT2D eigenvalue weighted by atomic mass is 32.2. The van der Waals surface area contributed by atoms with Crippen LogP contribution in [0, 0.1) is 5.82 Å². The molecule has 0 saturated carbocycles. The molecule has 3 rings (SSSR count). The first-order valence-electron chi connectivity index (χ1n) is 8.56. The molecular weight excluding hydrogens is 431 g/mol. The van der Waals surface area contributed by atoms with E-state index in [2.05, 4.69) is 10.0 Å². The summed E-state index contributed by atoms with van der Waals surface area (Å²) in [6.07, 6.45) is 0.776. The lowest BCUT2D eigenvalue weighted by Gasteiger charge is -2.13. The highest BCUT2D eigenvalue weighted by molar-refractivity contribution is 7.93. The van der Waals surface area contributed by atoms with Gasteiger partial charge in [0.15, 0.2) is 9.84 Å². The first-order valence-corrected chi connectivity index (χ1v) is 11.9. The molecule has 10 heteroatoms. The molecule has 3 aromatic carbocycles. The Morgan fingerprint density at radius 2 is 1.50 bits per heavy atom. The van der Waals surface area contributed by atoms with Gasteiger partial charge in [-0.2, -0.15) is 0 Å². The fourth-order valence-corrected chi connectivity index (χ4v) is 4.57. The Morgan fingerprint density at radius 1 is 0.867 bits per heavy atom. The molecular formula is C20H17FN2O5S2. The smallest absolute Gasteiger partial charge is 0.261 e. The van der Waals surface area contributed by atoms with E-state index in [0.717, 1.165) is 24.5 Å². The fourth-order valence-electron chi connectivity index (χ4n) is 2.63. The van der Waals surface area contributed by atoms with Gasteiger partial charge in [0.1, 0.15) is 10.7 Å². The first-order chi connectivity index (χ1) is 14.1. The van der Waals surface area contributed by atoms with E-state index in [9.17, 15) is 26.0 Å². The van der Waals surface area contributed by atoms with Gasteiger partial charge in [-0.25, -0.2) is 21.2 Å². The van der Waals surface area contributed by atoms with Crippen LogP contribution in [-0.4, -0.2) is 29.0 Å². The number of sulfone groups is 1. The Balaban J connectivity index is 1.94. The summed E-state index contributed by atoms with van der Waals surface area (Å²) in [7, 11) is -8.28. The van der Waals surface area contributed by atoms with Crippen LogP contribution in [0.4, 0.5) is 15.8 Å². The Bertz CT molecular complexity index is 1310. The molecule has 3 aromatic rings. The number of rotatable bonds is 6. The number of carbonyl (C=O) groups is 1. The molecule has 2 N–H and O–H groups in total. The average Bonchev–Trinajstić information content (AvgIpc) is 2.68. The van der Waals surface area contributed by atoms with Gasteiger partial charge in [-0.15, -0.1) is 0 Å². The van der Waals surface area contributed by atoms with Crippen LogP contribution in [-0.2, 0) is 19.9 Å². The minimum Gasteiger partial charge on any atom is -0.322 e. The molecule has 30 heavy (non-hydrogen) atoms. The normalized spacial score (nSPS) is 11.7. The standard InChI is InChI=1S/C20H17FN2O5S2/c1-29(25,26)19-13-15(11-12-17(19)21)30(27,28)23-18-10-6-5-9-16(18)20(24)22-14-7-3-2-4-8-14/h2-13,23H,1H3,(H,22,24). The van der Waals surface area contributed by atoms with Crippen molar-refractivity contribution in [3.63, 3.8) is 0 Å². The number of para-hydroxylation sites is 2. The zero-order valence-electron chi connectivity index (χ0n) is 15.7. The van der Waals surface area contributed by atoms with E-state index < -0.39 is 41.4 Å². The predicted molar refractivity (Wildman–Crippen MR) is 111 cm³/mol. The van der Waals surface area contributed by atoms with Crippen molar-refractivity contribution >= 4 is 37.1 Å². The minimum absolute atomic E-state index is 0.0174. The number of carbonyl (C=O) groups excluding carboxylic acids is 1. The van der Waals surface area contributed by atoms with Gasteiger partial charge < -0.3 is 5.32 Å². The van der Waals surface area contributed by atoms with Gasteiger partial charge in [0.25, 0.3) is 15.9 Å². The van der Waals surface area contributed by atoms with Crippen LogP contribution in [0.5, 0.6) is 0 Å². The average molecular weight is 448 g/mol. The number of hydrogen-bond acceptors (Lipinski definition) is 5. The van der Waals surface area contributed by atoms with Gasteiger partial charge >= 0.3 is 0 Å². The summed E-state index contributed by atoms with van der Waals surface area (Å²) in [6.45, 7) is 0. The molecule has 0 bridgehead atoms. The predicted octanol–water partition coefficient (Wildman–Crippen LogP) is 3.28. The number of anilines is 2. The summed E-state index contributed by atoms with van der Waals surface area (Å²) in [5, 5.41) is 2.66. The zero-order valence-corrected chi connectivity index (χ0v) is 17.3. The lowest BCUT2D eigenvalue weighted by atomic mass is 10.1. The Labute approximate surface area is 173 Å². The van der Waals surface area contributed by atoms with Crippen LogP contribution >= 0.6 is 0 Å². The number of benzene rings is 3. The molecule has 1 amide bonds. The van der Waals surface area contributed by atoms with Crippen LogP contribution in [0.15, 0.2) is 82.6 Å². The van der Waals surface area contributed by atoms with E-state index in [1.54, 1.807) is 36.4 Å². The van der Waals surface area contributed by atoms with Crippen molar-refractivity contribution in [2.24, 2.45) is 0 Å². The van der Waals surface area contributed by atoms with Crippen molar-refractivity contribution in [2.45, 2.75) is 9.79 Å². The van der Waals surface area contributed by atoms with Crippen LogP contribution in [0.25, 0.3) is 0 Å². The maximum Gasteiger partial charge on any atom is 0.261 e. The molecule has 0 aliphatic heterocycles. The van der Waals surface area contributed by atoms with Crippen molar-refractivity contribution < 1.29 is 26.0 Å². The van der Waals surface area contributed by atoms with Crippen molar-refractivity contribution in [3.8, 4) is 0 Å². The monoisotopic (exact) mass is 448 g/mol. The van der Waals surface area contributed by atoms with Crippen LogP contribution < -0.4 is 10.0 Å². The number of halogens is 1. The van der Waals surface area contributed by atoms with Gasteiger partial charge in [-0.3, -0.25) is 9.52 Å². The number of amides is 1. The van der Waals surface area contributed by atoms with Gasteiger partial charge in [0, 0.05) is 11.9 Å². The lowest BCUT2D eigenvalue weighted by molar-refractivity contribution is 0.102. The second-order valence-corrected chi connectivity index (χ2v) is 10.0. The second kappa shape index (κ2) is 8.25. The molecule has 0 fully saturated rings. The third-order valence-corrected chi connectivity index (χ3v) is 6.54. The Kier molecular flexibility index (Phi) is 5.90. The zero-order chi connectivity index (χ0) is 21.9. The minimum atomic E-state index is -4.30. The van der Waals surface area contributed by atoms with Crippen LogP contribution in [0.3, 0.4) is 0 Å². The number of sulfonamides is 1. The lowest BCUT2D eigenvalue weighted by Crippen LogP contribution is -2.19. The van der Waals surface area contributed by atoms with E-state index in [-0.39, 0.29) is 11.3 Å². The van der Waals surface area contributed by atoms with E-state index in [0.29, 0.717) is 5.69 Å². The van der Waals surface area contributed by atoms with Crippen LogP contribution in [0.1, 0.15) is 10.4 Å². The molecule has 0 unspecified atom stereocenters. The van der Waals surface area contributed by atoms with Crippen molar-refractivity contribution in [2.75, 3.05) is 16.3 Å². The highest BCUT2D eigenvalue weighted by Crippen LogP contribution is 2.24. The Hall–Kier alpha value is -3.24. The first kappa shape index (κ1) is 21.5. The second-order valence-electron chi connectivity index (χ2n) is 6.34. The van der Waals surface area contributed by atoms with Crippen LogP contribution in [0.2, 0.25) is 0 Å². The van der Waals surface area contributed by atoms with Gasteiger partial charge in [-0.1, -0.05) is 30.3 Å². The SMILES string of the molecule is CS(=O)(=O)c1cc(S(=O)(=O)Nc2ccccc2C(=O)Nc2ccccc2)ccc1F. The summed E-state index contributed by atoms with van der Waals surface area (Å²) in [5.41, 5.74) is 0.558. The molecule has 0 aliphatic rings. The summed E-state index contributed by atoms with van der Waals surface area (Å²) in [6, 6.07) is 17.0. The summed E-state index contributed by atoms with van der Waals surface area (Å²) >= 11 is 0. The quantitative estimate of drug-likeness (QED) is 0.601. The Morgan fingerprint density at radius 3 is 2.17 bits per heavy atom. The van der Waals surface area contributed by atoms with Crippen molar-refractivity contribution in [1.29, 1.82) is 0 Å². The number of hydrogen-bond donors (Lipinski definition) is 2. The maximum absolute atomic E-state index is 13.8. The van der Waals surface area contributed by atoms with Gasteiger partial charge in [0.2, 0.25) is 0 Å². The van der Waals surface area contributed by atoms with E-state index in [1.165, 1.54) is 18.2 Å². The molecule has 0 radical (unpaired) electrons. The molecule has 0 spiro atoms. The molecule has 0 heterocycles. The van der Waals surface area contributed by atoms with Crippen molar-refractivity contribution in [1.82, 2.24) is 0 Å². The third kappa shape index (κ3) is 4.84. The topological polar surface area (TPSA) is 109 Å². The fraction of sp³-hybridized carbons (Fsp3) is 0.0500. The molecule has 156 valence electrons. The molecule has 0 atom stereocenters. The van der Waals surface area contributed by atoms with Gasteiger partial charge in [0.05, 0.1) is 16.1 Å². The summed E-state index contributed by atoms with van der Waals surface area (Å²) < 4.78 is 65.0. The summed E-state index contributed by atoms with van der Waals surface area (Å²) in [4.78, 5) is 11.4. The van der Waals surface area contributed by atoms with Crippen molar-refractivity contribution in [3.05, 3.63) is 84.2 Å². The molecule has 0 aliphatic carbocycles. The highest BCUT2D eigenvalue weighted by Gasteiger charge is 2.22. The maximum atomic E-state index is 13.8. The van der Waals surface area contributed by atoms with E-state index in [1.807, 2.05) is 0 Å². The van der Waals surface area contributed by atoms with E-state index >= 15 is 0 Å². The third-order valence-electron chi connectivity index (χ3n) is 4.06. The molecule has 0 aromatic heterocycles. The van der Waals surface area contributed by atoms with Gasteiger partial charge in [-0.05, 0) is 42.5 Å². The summed E-state index contributed by atoms with van der Waals surface area (Å²) in [5.74, 6) is -1.60. The largest absolute Gasteiger partial charge is 0.322 e.